The van der Waals surface area contributed by atoms with Crippen molar-refractivity contribution in [3.05, 3.63) is 74.2 Å². The second kappa shape index (κ2) is 9.84. The molecule has 1 atom stereocenters. The van der Waals surface area contributed by atoms with Crippen LogP contribution in [0.25, 0.3) is 16.2 Å². The molecule has 3 rings (SSSR count). The molecule has 0 bridgehead atoms. The third-order valence-corrected chi connectivity index (χ3v) is 8.14. The molecule has 0 saturated heterocycles. The van der Waals surface area contributed by atoms with Crippen LogP contribution in [-0.2, 0) is 18.4 Å². The average molecular weight is 505 g/mol. The highest BCUT2D eigenvalue weighted by Gasteiger charge is 2.42. The molecule has 0 fully saturated rings. The molecule has 0 aliphatic rings. The van der Waals surface area contributed by atoms with Gasteiger partial charge in [0.25, 0.3) is 0 Å². The summed E-state index contributed by atoms with van der Waals surface area (Å²) in [6.07, 6.45) is 3.05. The maximum Gasteiger partial charge on any atom is 0.347 e. The van der Waals surface area contributed by atoms with Crippen molar-refractivity contribution in [3.63, 3.8) is 0 Å². The highest BCUT2D eigenvalue weighted by atomic mass is 35.5. The van der Waals surface area contributed by atoms with Gasteiger partial charge in [-0.1, -0.05) is 34.8 Å². The first-order valence-electron chi connectivity index (χ1n) is 8.58. The second-order valence-corrected chi connectivity index (χ2v) is 10.7. The number of fused-ring (bicyclic) bond motifs is 1. The van der Waals surface area contributed by atoms with Gasteiger partial charge in [0.15, 0.2) is 5.66 Å². The van der Waals surface area contributed by atoms with Gasteiger partial charge in [-0.2, -0.15) is 0 Å². The molecule has 2 aromatic carbocycles. The topological polar surface area (TPSA) is 64.6 Å². The minimum atomic E-state index is -3.81. The average Bonchev–Trinajstić information content (AvgIpc) is 3.09. The Kier molecular flexibility index (Phi) is 7.64. The number of benzene rings is 2. The van der Waals surface area contributed by atoms with Gasteiger partial charge in [-0.3, -0.25) is 9.36 Å². The number of halogens is 3. The predicted molar refractivity (Wildman–Crippen MR) is 125 cm³/mol. The second-order valence-electron chi connectivity index (χ2n) is 6.18. The Bertz CT molecular complexity index is 1140. The highest BCUT2D eigenvalue weighted by Crippen LogP contribution is 2.61. The van der Waals surface area contributed by atoms with E-state index in [1.54, 1.807) is 41.8 Å². The number of amides is 1. The molecule has 1 aromatic heterocycles. The van der Waals surface area contributed by atoms with Crippen LogP contribution in [-0.4, -0.2) is 20.1 Å². The lowest BCUT2D eigenvalue weighted by Gasteiger charge is -2.23. The molecule has 1 heterocycles. The summed E-state index contributed by atoms with van der Waals surface area (Å²) in [5.41, 5.74) is 0.0207. The molecule has 158 valence electrons. The van der Waals surface area contributed by atoms with E-state index in [4.69, 9.17) is 43.9 Å². The summed E-state index contributed by atoms with van der Waals surface area (Å²) in [7, 11) is -1.32. The summed E-state index contributed by atoms with van der Waals surface area (Å²) >= 11 is 19.5. The fourth-order valence-electron chi connectivity index (χ4n) is 2.94. The van der Waals surface area contributed by atoms with Crippen LogP contribution >= 0.6 is 53.7 Å². The van der Waals surface area contributed by atoms with E-state index < -0.39 is 19.2 Å². The van der Waals surface area contributed by atoms with Crippen molar-refractivity contribution in [2.75, 3.05) is 14.2 Å². The van der Waals surface area contributed by atoms with E-state index in [-0.39, 0.29) is 0 Å². The molecule has 0 radical (unpaired) electrons. The number of carbonyl (C=O) groups is 1. The van der Waals surface area contributed by atoms with Crippen molar-refractivity contribution < 1.29 is 18.4 Å². The Morgan fingerprint density at radius 2 is 1.73 bits per heavy atom. The molecule has 10 heteroatoms. The maximum atomic E-state index is 13.2. The van der Waals surface area contributed by atoms with Gasteiger partial charge >= 0.3 is 7.60 Å². The summed E-state index contributed by atoms with van der Waals surface area (Å²) in [5.74, 6) is -0.550. The molecular weight excluding hydrogens is 488 g/mol. The first kappa shape index (κ1) is 23.3. The predicted octanol–water partition coefficient (Wildman–Crippen LogP) is 7.18. The number of nitrogens with one attached hydrogen (secondary N) is 1. The monoisotopic (exact) mass is 503 g/mol. The van der Waals surface area contributed by atoms with Gasteiger partial charge in [0, 0.05) is 40.2 Å². The Morgan fingerprint density at radius 3 is 2.37 bits per heavy atom. The maximum absolute atomic E-state index is 13.2. The molecule has 1 N–H and O–H groups in total. The minimum Gasteiger partial charge on any atom is -0.332 e. The van der Waals surface area contributed by atoms with Crippen molar-refractivity contribution >= 4 is 75.8 Å². The van der Waals surface area contributed by atoms with Crippen LogP contribution in [0.4, 0.5) is 0 Å². The standard InChI is InChI=1S/C20H17Cl3NO4PS/c1-27-29(26,28-2)19(17-11-30-18-4-3-13(21)10-16(17)18)20(25)24-6-5-12-7-14(22)9-15(23)8-12/h3-11,19H,1-2H3,(H,24,25)/b6-5+. The van der Waals surface area contributed by atoms with E-state index >= 15 is 0 Å². The largest absolute Gasteiger partial charge is 0.347 e. The number of carbonyl (C=O) groups excluding carboxylic acids is 1. The van der Waals surface area contributed by atoms with Gasteiger partial charge in [0.2, 0.25) is 5.91 Å². The van der Waals surface area contributed by atoms with Crippen molar-refractivity contribution in [1.82, 2.24) is 5.32 Å². The lowest BCUT2D eigenvalue weighted by atomic mass is 10.1. The smallest absolute Gasteiger partial charge is 0.332 e. The Morgan fingerprint density at radius 1 is 1.07 bits per heavy atom. The van der Waals surface area contributed by atoms with Crippen LogP contribution in [0.3, 0.4) is 0 Å². The quantitative estimate of drug-likeness (QED) is 0.346. The molecule has 0 saturated carbocycles. The van der Waals surface area contributed by atoms with Gasteiger partial charge in [0.1, 0.15) is 0 Å². The van der Waals surface area contributed by atoms with Gasteiger partial charge in [-0.05, 0) is 64.4 Å². The van der Waals surface area contributed by atoms with Crippen molar-refractivity contribution in [1.29, 1.82) is 0 Å². The first-order valence-corrected chi connectivity index (χ1v) is 12.2. The Labute approximate surface area is 193 Å². The van der Waals surface area contributed by atoms with Crippen LogP contribution < -0.4 is 5.32 Å². The van der Waals surface area contributed by atoms with Gasteiger partial charge < -0.3 is 14.4 Å². The van der Waals surface area contributed by atoms with Crippen LogP contribution in [0, 0.1) is 0 Å². The fourth-order valence-corrected chi connectivity index (χ4v) is 6.21. The van der Waals surface area contributed by atoms with Crippen LogP contribution in [0.5, 0.6) is 0 Å². The highest BCUT2D eigenvalue weighted by molar-refractivity contribution is 7.55. The molecule has 5 nitrogen and oxygen atoms in total. The van der Waals surface area contributed by atoms with E-state index in [9.17, 15) is 9.36 Å². The number of rotatable bonds is 7. The number of thiophene rings is 1. The van der Waals surface area contributed by atoms with E-state index in [0.717, 1.165) is 4.70 Å². The zero-order valence-corrected chi connectivity index (χ0v) is 19.9. The van der Waals surface area contributed by atoms with Crippen molar-refractivity contribution in [2.45, 2.75) is 5.66 Å². The van der Waals surface area contributed by atoms with Gasteiger partial charge in [-0.25, -0.2) is 0 Å². The Hall–Kier alpha value is -1.37. The summed E-state index contributed by atoms with van der Waals surface area (Å²) in [5, 5.41) is 6.56. The molecule has 0 aliphatic carbocycles. The molecule has 30 heavy (non-hydrogen) atoms. The van der Waals surface area contributed by atoms with Gasteiger partial charge in [0.05, 0.1) is 0 Å². The molecule has 1 unspecified atom stereocenters. The molecule has 3 aromatic rings. The first-order chi connectivity index (χ1) is 14.3. The van der Waals surface area contributed by atoms with E-state index in [1.807, 2.05) is 6.07 Å². The molecule has 0 spiro atoms. The summed E-state index contributed by atoms with van der Waals surface area (Å²) in [6.45, 7) is 0. The lowest BCUT2D eigenvalue weighted by Crippen LogP contribution is -2.26. The van der Waals surface area contributed by atoms with Crippen molar-refractivity contribution in [3.8, 4) is 0 Å². The molecule has 0 aliphatic heterocycles. The normalized spacial score (nSPS) is 13.1. The van der Waals surface area contributed by atoms with Crippen LogP contribution in [0.2, 0.25) is 15.1 Å². The van der Waals surface area contributed by atoms with E-state index in [1.165, 1.54) is 31.8 Å². The fraction of sp³-hybridized carbons (Fsp3) is 0.150. The number of hydrogen-bond donors (Lipinski definition) is 1. The van der Waals surface area contributed by atoms with Crippen LogP contribution in [0.1, 0.15) is 16.8 Å². The third kappa shape index (κ3) is 5.09. The van der Waals surface area contributed by atoms with E-state index in [2.05, 4.69) is 5.32 Å². The molecule has 1 amide bonds. The lowest BCUT2D eigenvalue weighted by molar-refractivity contribution is -0.120. The van der Waals surface area contributed by atoms with E-state index in [0.29, 0.717) is 31.6 Å². The zero-order chi connectivity index (χ0) is 21.9. The zero-order valence-electron chi connectivity index (χ0n) is 15.9. The summed E-state index contributed by atoms with van der Waals surface area (Å²) < 4.78 is 24.5. The number of hydrogen-bond acceptors (Lipinski definition) is 5. The molecular formula is C20H17Cl3NO4PS. The van der Waals surface area contributed by atoms with Crippen LogP contribution in [0.15, 0.2) is 48.0 Å². The van der Waals surface area contributed by atoms with Gasteiger partial charge in [-0.15, -0.1) is 11.3 Å². The van der Waals surface area contributed by atoms with Crippen molar-refractivity contribution in [2.24, 2.45) is 0 Å². The Balaban J connectivity index is 1.96. The SMILES string of the molecule is COP(=O)(OC)C(C(=O)N/C=C/c1cc(Cl)cc(Cl)c1)c1csc2ccc(Cl)cc12. The third-order valence-electron chi connectivity index (χ3n) is 4.32. The summed E-state index contributed by atoms with van der Waals surface area (Å²) in [4.78, 5) is 13.1. The summed E-state index contributed by atoms with van der Waals surface area (Å²) in [6, 6.07) is 10.3. The minimum absolute atomic E-state index is 0.469.